The average Bonchev–Trinajstić information content (AvgIpc) is 3.03. The van der Waals surface area contributed by atoms with Crippen LogP contribution < -0.4 is 4.90 Å². The van der Waals surface area contributed by atoms with Crippen LogP contribution >= 0.6 is 0 Å². The Hall–Kier alpha value is -3.29. The van der Waals surface area contributed by atoms with Crippen molar-refractivity contribution in [2.45, 2.75) is 13.0 Å². The fourth-order valence-corrected chi connectivity index (χ4v) is 3.22. The zero-order chi connectivity index (χ0) is 20.4. The van der Waals surface area contributed by atoms with Gasteiger partial charge >= 0.3 is 5.97 Å². The molecule has 1 N–H and O–H groups in total. The molecule has 1 aliphatic heterocycles. The molecule has 2 amide bonds. The first-order valence-corrected chi connectivity index (χ1v) is 8.59. The number of amides is 2. The maximum Gasteiger partial charge on any atom is 0.335 e. The molecule has 3 rings (SSSR count). The average molecular weight is 388 g/mol. The van der Waals surface area contributed by atoms with Gasteiger partial charge in [-0.3, -0.25) is 9.59 Å². The van der Waals surface area contributed by atoms with Gasteiger partial charge in [0.05, 0.1) is 17.2 Å². The number of carbonyl (C=O) groups excluding carboxylic acids is 2. The molecule has 1 heterocycles. The minimum absolute atomic E-state index is 0.0164. The van der Waals surface area contributed by atoms with Gasteiger partial charge < -0.3 is 14.9 Å². The van der Waals surface area contributed by atoms with Crippen LogP contribution in [0.15, 0.2) is 42.5 Å². The lowest BCUT2D eigenvalue weighted by Crippen LogP contribution is -2.34. The van der Waals surface area contributed by atoms with Gasteiger partial charge in [-0.2, -0.15) is 0 Å². The molecular weight excluding hydrogens is 370 g/mol. The lowest BCUT2D eigenvalue weighted by molar-refractivity contribution is -0.135. The second kappa shape index (κ2) is 7.75. The van der Waals surface area contributed by atoms with E-state index in [2.05, 4.69) is 0 Å². The minimum atomic E-state index is -1.03. The van der Waals surface area contributed by atoms with Crippen molar-refractivity contribution in [2.75, 3.05) is 18.5 Å². The van der Waals surface area contributed by atoms with Gasteiger partial charge in [-0.15, -0.1) is 0 Å². The molecule has 0 saturated carbocycles. The van der Waals surface area contributed by atoms with Crippen LogP contribution in [0.3, 0.4) is 0 Å². The van der Waals surface area contributed by atoms with Crippen molar-refractivity contribution >= 4 is 23.5 Å². The number of carboxylic acid groups (broad SMARTS) is 1. The molecular formula is C20H18F2N2O4. The van der Waals surface area contributed by atoms with Crippen molar-refractivity contribution in [1.82, 2.24) is 4.90 Å². The maximum atomic E-state index is 14.0. The zero-order valence-corrected chi connectivity index (χ0v) is 15.1. The molecule has 1 saturated heterocycles. The van der Waals surface area contributed by atoms with E-state index >= 15 is 0 Å². The molecule has 1 unspecified atom stereocenters. The zero-order valence-electron chi connectivity index (χ0n) is 15.1. The van der Waals surface area contributed by atoms with Crippen LogP contribution in [0.25, 0.3) is 0 Å². The lowest BCUT2D eigenvalue weighted by Gasteiger charge is -2.22. The van der Waals surface area contributed by atoms with Gasteiger partial charge in [0, 0.05) is 32.6 Å². The lowest BCUT2D eigenvalue weighted by atomic mass is 10.1. The normalized spacial score (nSPS) is 16.3. The van der Waals surface area contributed by atoms with E-state index in [0.717, 1.165) is 16.5 Å². The SMILES string of the molecule is CN(Cc1ccc(C(=O)O)cc1)C(=O)C1CC(=O)N(c2ccc(F)cc2F)C1. The monoisotopic (exact) mass is 388 g/mol. The van der Waals surface area contributed by atoms with E-state index in [1.165, 1.54) is 23.1 Å². The van der Waals surface area contributed by atoms with E-state index in [9.17, 15) is 23.2 Å². The summed E-state index contributed by atoms with van der Waals surface area (Å²) < 4.78 is 27.1. The number of benzene rings is 2. The largest absolute Gasteiger partial charge is 0.478 e. The topological polar surface area (TPSA) is 77.9 Å². The summed E-state index contributed by atoms with van der Waals surface area (Å²) in [6.07, 6.45) is -0.0576. The summed E-state index contributed by atoms with van der Waals surface area (Å²) in [5.74, 6) is -3.94. The predicted octanol–water partition coefficient (Wildman–Crippen LogP) is 2.67. The summed E-state index contributed by atoms with van der Waals surface area (Å²) in [6.45, 7) is 0.261. The van der Waals surface area contributed by atoms with Crippen LogP contribution in [0, 0.1) is 17.6 Å². The molecule has 0 spiro atoms. The Labute approximate surface area is 160 Å². The highest BCUT2D eigenvalue weighted by atomic mass is 19.1. The Kier molecular flexibility index (Phi) is 5.39. The van der Waals surface area contributed by atoms with Gasteiger partial charge in [0.2, 0.25) is 11.8 Å². The van der Waals surface area contributed by atoms with Crippen molar-refractivity contribution in [3.05, 3.63) is 65.2 Å². The van der Waals surface area contributed by atoms with Crippen LogP contribution in [-0.2, 0) is 16.1 Å². The van der Waals surface area contributed by atoms with Crippen LogP contribution in [0.2, 0.25) is 0 Å². The highest BCUT2D eigenvalue weighted by molar-refractivity contribution is 6.00. The smallest absolute Gasteiger partial charge is 0.335 e. The van der Waals surface area contributed by atoms with Crippen LogP contribution in [0.4, 0.5) is 14.5 Å². The van der Waals surface area contributed by atoms with E-state index < -0.39 is 29.4 Å². The second-order valence-electron chi connectivity index (χ2n) is 6.70. The molecule has 8 heteroatoms. The van der Waals surface area contributed by atoms with E-state index in [1.54, 1.807) is 19.2 Å². The fourth-order valence-electron chi connectivity index (χ4n) is 3.22. The Morgan fingerprint density at radius 3 is 2.46 bits per heavy atom. The molecule has 0 radical (unpaired) electrons. The second-order valence-corrected chi connectivity index (χ2v) is 6.70. The van der Waals surface area contributed by atoms with Crippen molar-refractivity contribution < 1.29 is 28.3 Å². The van der Waals surface area contributed by atoms with Gasteiger partial charge in [-0.25, -0.2) is 13.6 Å². The Morgan fingerprint density at radius 2 is 1.86 bits per heavy atom. The van der Waals surface area contributed by atoms with Crippen molar-refractivity contribution in [3.8, 4) is 0 Å². The summed E-state index contributed by atoms with van der Waals surface area (Å²) >= 11 is 0. The van der Waals surface area contributed by atoms with Gasteiger partial charge in [0.25, 0.3) is 0 Å². The number of carboxylic acids is 1. The first-order chi connectivity index (χ1) is 13.3. The Bertz CT molecular complexity index is 930. The van der Waals surface area contributed by atoms with E-state index in [1.807, 2.05) is 0 Å². The molecule has 1 fully saturated rings. The quantitative estimate of drug-likeness (QED) is 0.854. The Morgan fingerprint density at radius 1 is 1.18 bits per heavy atom. The number of anilines is 1. The first kappa shape index (κ1) is 19.5. The molecule has 28 heavy (non-hydrogen) atoms. The van der Waals surface area contributed by atoms with Crippen molar-refractivity contribution in [3.63, 3.8) is 0 Å². The van der Waals surface area contributed by atoms with Crippen LogP contribution in [0.5, 0.6) is 0 Å². The van der Waals surface area contributed by atoms with Gasteiger partial charge in [-0.1, -0.05) is 12.1 Å². The highest BCUT2D eigenvalue weighted by Gasteiger charge is 2.37. The molecule has 0 aromatic heterocycles. The number of carbonyl (C=O) groups is 3. The van der Waals surface area contributed by atoms with Crippen molar-refractivity contribution in [2.24, 2.45) is 5.92 Å². The molecule has 6 nitrogen and oxygen atoms in total. The van der Waals surface area contributed by atoms with Crippen molar-refractivity contribution in [1.29, 1.82) is 0 Å². The fraction of sp³-hybridized carbons (Fsp3) is 0.250. The standard InChI is InChI=1S/C20H18F2N2O4/c1-23(10-12-2-4-13(5-3-12)20(27)28)19(26)14-8-18(25)24(11-14)17-7-6-15(21)9-16(17)22/h2-7,9,14H,8,10-11H2,1H3,(H,27,28). The highest BCUT2D eigenvalue weighted by Crippen LogP contribution is 2.29. The minimum Gasteiger partial charge on any atom is -0.478 e. The van der Waals surface area contributed by atoms with E-state index in [4.69, 9.17) is 5.11 Å². The molecule has 1 aliphatic rings. The third kappa shape index (κ3) is 4.00. The van der Waals surface area contributed by atoms with Gasteiger partial charge in [0.1, 0.15) is 11.6 Å². The van der Waals surface area contributed by atoms with E-state index in [-0.39, 0.29) is 36.7 Å². The summed E-state index contributed by atoms with van der Waals surface area (Å²) in [7, 11) is 1.58. The number of hydrogen-bond acceptors (Lipinski definition) is 3. The molecule has 0 aliphatic carbocycles. The van der Waals surface area contributed by atoms with Gasteiger partial charge in [0.15, 0.2) is 0 Å². The molecule has 2 aromatic rings. The summed E-state index contributed by atoms with van der Waals surface area (Å²) in [4.78, 5) is 38.4. The van der Waals surface area contributed by atoms with Crippen LogP contribution in [0.1, 0.15) is 22.3 Å². The maximum absolute atomic E-state index is 14.0. The van der Waals surface area contributed by atoms with Gasteiger partial charge in [-0.05, 0) is 29.8 Å². The third-order valence-electron chi connectivity index (χ3n) is 4.67. The van der Waals surface area contributed by atoms with Crippen LogP contribution in [-0.4, -0.2) is 41.4 Å². The summed E-state index contributed by atoms with van der Waals surface area (Å²) in [6, 6.07) is 9.09. The molecule has 1 atom stereocenters. The number of hydrogen-bond donors (Lipinski definition) is 1. The summed E-state index contributed by atoms with van der Waals surface area (Å²) in [5, 5.41) is 8.92. The number of aromatic carboxylic acids is 1. The first-order valence-electron chi connectivity index (χ1n) is 8.59. The predicted molar refractivity (Wildman–Crippen MR) is 96.7 cm³/mol. The number of halogens is 2. The molecule has 146 valence electrons. The number of nitrogens with zero attached hydrogens (tertiary/aromatic N) is 2. The van der Waals surface area contributed by atoms with E-state index in [0.29, 0.717) is 6.07 Å². The Balaban J connectivity index is 1.67. The molecule has 0 bridgehead atoms. The number of rotatable bonds is 5. The molecule has 2 aromatic carbocycles. The third-order valence-corrected chi connectivity index (χ3v) is 4.67. The summed E-state index contributed by atoms with van der Waals surface area (Å²) in [5.41, 5.74) is 0.844.